The molecular formula is C22H29N5O5S. The summed E-state index contributed by atoms with van der Waals surface area (Å²) in [6, 6.07) is 4.67. The van der Waals surface area contributed by atoms with Crippen LogP contribution in [-0.4, -0.2) is 65.4 Å². The van der Waals surface area contributed by atoms with E-state index in [0.29, 0.717) is 67.5 Å². The third kappa shape index (κ3) is 4.53. The van der Waals surface area contributed by atoms with Crippen LogP contribution in [0.25, 0.3) is 22.4 Å². The van der Waals surface area contributed by atoms with Gasteiger partial charge in [0.15, 0.2) is 5.65 Å². The normalized spacial score (nSPS) is 15.2. The summed E-state index contributed by atoms with van der Waals surface area (Å²) in [6.07, 6.45) is 1.61. The second-order valence-corrected chi connectivity index (χ2v) is 9.88. The van der Waals surface area contributed by atoms with E-state index < -0.39 is 10.0 Å². The van der Waals surface area contributed by atoms with Crippen LogP contribution >= 0.6 is 0 Å². The summed E-state index contributed by atoms with van der Waals surface area (Å²) in [5.74, 6) is 0.702. The highest BCUT2D eigenvalue weighted by molar-refractivity contribution is 7.89. The summed E-state index contributed by atoms with van der Waals surface area (Å²) in [7, 11) is -3.73. The minimum absolute atomic E-state index is 0.115. The van der Waals surface area contributed by atoms with Gasteiger partial charge in [-0.15, -0.1) is 0 Å². The molecule has 3 heterocycles. The Balaban J connectivity index is 1.87. The number of nitrogens with zero attached hydrogens (tertiary/aromatic N) is 4. The van der Waals surface area contributed by atoms with Crippen molar-refractivity contribution in [2.45, 2.75) is 45.1 Å². The standard InChI is InChI=1S/C22H29N5O5S/c1-4-8-27-21-19(15(3)25-27)22(28)24-20(23-21)17-14-16(6-7-18(17)32-11-5-2)33(29,30)26-9-12-31-13-10-26/h6-7,14H,4-5,8-13H2,1-3H3,(H,23,24,28). The van der Waals surface area contributed by atoms with Gasteiger partial charge in [0.2, 0.25) is 10.0 Å². The molecule has 11 heteroatoms. The number of aryl methyl sites for hydroxylation is 2. The van der Waals surface area contributed by atoms with Gasteiger partial charge in [-0.2, -0.15) is 9.40 Å². The van der Waals surface area contributed by atoms with Crippen molar-refractivity contribution < 1.29 is 17.9 Å². The topological polar surface area (TPSA) is 119 Å². The Kier molecular flexibility index (Phi) is 6.82. The predicted octanol–water partition coefficient (Wildman–Crippen LogP) is 2.31. The summed E-state index contributed by atoms with van der Waals surface area (Å²) in [4.78, 5) is 20.5. The highest BCUT2D eigenvalue weighted by atomic mass is 32.2. The van der Waals surface area contributed by atoms with Crippen LogP contribution in [0.5, 0.6) is 5.75 Å². The van der Waals surface area contributed by atoms with Crippen molar-refractivity contribution in [2.75, 3.05) is 32.9 Å². The molecule has 178 valence electrons. The van der Waals surface area contributed by atoms with Gasteiger partial charge < -0.3 is 14.5 Å². The fourth-order valence-electron chi connectivity index (χ4n) is 3.88. The van der Waals surface area contributed by atoms with E-state index >= 15 is 0 Å². The molecule has 0 amide bonds. The van der Waals surface area contributed by atoms with Crippen LogP contribution in [-0.2, 0) is 21.3 Å². The van der Waals surface area contributed by atoms with Crippen molar-refractivity contribution in [3.63, 3.8) is 0 Å². The van der Waals surface area contributed by atoms with Crippen LogP contribution in [0.15, 0.2) is 27.9 Å². The number of aromatic amines is 1. The van der Waals surface area contributed by atoms with Gasteiger partial charge >= 0.3 is 0 Å². The summed E-state index contributed by atoms with van der Waals surface area (Å²) in [5, 5.41) is 4.88. The molecule has 4 rings (SSSR count). The largest absolute Gasteiger partial charge is 0.493 e. The van der Waals surface area contributed by atoms with Gasteiger partial charge in [-0.05, 0) is 38.0 Å². The quantitative estimate of drug-likeness (QED) is 0.531. The molecular weight excluding hydrogens is 446 g/mol. The lowest BCUT2D eigenvalue weighted by Gasteiger charge is -2.26. The molecule has 3 aromatic rings. The van der Waals surface area contributed by atoms with E-state index in [0.717, 1.165) is 12.8 Å². The van der Waals surface area contributed by atoms with Crippen LogP contribution in [0.4, 0.5) is 0 Å². The molecule has 1 N–H and O–H groups in total. The molecule has 1 aliphatic rings. The molecule has 2 aromatic heterocycles. The molecule has 1 aliphatic heterocycles. The zero-order chi connectivity index (χ0) is 23.6. The van der Waals surface area contributed by atoms with Crippen molar-refractivity contribution in [3.05, 3.63) is 34.2 Å². The van der Waals surface area contributed by atoms with Crippen molar-refractivity contribution in [1.29, 1.82) is 0 Å². The second kappa shape index (κ2) is 9.62. The van der Waals surface area contributed by atoms with Gasteiger partial charge in [-0.25, -0.2) is 18.1 Å². The maximum absolute atomic E-state index is 13.2. The average molecular weight is 476 g/mol. The van der Waals surface area contributed by atoms with Crippen molar-refractivity contribution in [3.8, 4) is 17.1 Å². The Morgan fingerprint density at radius 3 is 2.64 bits per heavy atom. The van der Waals surface area contributed by atoms with Gasteiger partial charge in [0.1, 0.15) is 17.0 Å². The number of sulfonamides is 1. The minimum atomic E-state index is -3.73. The molecule has 0 aliphatic carbocycles. The Bertz CT molecular complexity index is 1310. The number of aromatic nitrogens is 4. The number of ether oxygens (including phenoxy) is 2. The Hall–Kier alpha value is -2.76. The van der Waals surface area contributed by atoms with Crippen LogP contribution in [0.1, 0.15) is 32.4 Å². The minimum Gasteiger partial charge on any atom is -0.493 e. The molecule has 1 fully saturated rings. The number of H-pyrrole nitrogens is 1. The van der Waals surface area contributed by atoms with Crippen LogP contribution < -0.4 is 10.3 Å². The lowest BCUT2D eigenvalue weighted by molar-refractivity contribution is 0.0730. The number of morpholine rings is 1. The van der Waals surface area contributed by atoms with Crippen molar-refractivity contribution in [2.24, 2.45) is 0 Å². The Labute approximate surface area is 192 Å². The van der Waals surface area contributed by atoms with E-state index in [9.17, 15) is 13.2 Å². The molecule has 0 unspecified atom stereocenters. The predicted molar refractivity (Wildman–Crippen MR) is 124 cm³/mol. The third-order valence-corrected chi connectivity index (χ3v) is 7.38. The third-order valence-electron chi connectivity index (χ3n) is 5.49. The highest BCUT2D eigenvalue weighted by Gasteiger charge is 2.28. The molecule has 33 heavy (non-hydrogen) atoms. The summed E-state index contributed by atoms with van der Waals surface area (Å²) in [6.45, 7) is 8.14. The van der Waals surface area contributed by atoms with Gasteiger partial charge in [-0.1, -0.05) is 13.8 Å². The Morgan fingerprint density at radius 1 is 1.18 bits per heavy atom. The van der Waals surface area contributed by atoms with Crippen LogP contribution in [0.3, 0.4) is 0 Å². The average Bonchev–Trinajstić information content (AvgIpc) is 3.14. The number of rotatable bonds is 8. The SMILES string of the molecule is CCCOc1ccc(S(=O)(=O)N2CCOCC2)cc1-c1nc2c(c(C)nn2CCC)c(=O)[nH]1. The fraction of sp³-hybridized carbons (Fsp3) is 0.500. The van der Waals surface area contributed by atoms with Crippen molar-refractivity contribution >= 4 is 21.1 Å². The zero-order valence-corrected chi connectivity index (χ0v) is 19.9. The molecule has 10 nitrogen and oxygen atoms in total. The number of benzene rings is 1. The van der Waals surface area contributed by atoms with E-state index in [1.165, 1.54) is 16.4 Å². The highest BCUT2D eigenvalue weighted by Crippen LogP contribution is 2.32. The van der Waals surface area contributed by atoms with E-state index in [4.69, 9.17) is 9.47 Å². The second-order valence-electron chi connectivity index (χ2n) is 7.94. The first-order chi connectivity index (χ1) is 15.9. The van der Waals surface area contributed by atoms with E-state index in [1.54, 1.807) is 17.7 Å². The summed E-state index contributed by atoms with van der Waals surface area (Å²) < 4.78 is 40.8. The Morgan fingerprint density at radius 2 is 1.94 bits per heavy atom. The molecule has 0 spiro atoms. The number of fused-ring (bicyclic) bond motifs is 1. The molecule has 1 saturated heterocycles. The van der Waals surface area contributed by atoms with Gasteiger partial charge in [0.25, 0.3) is 5.56 Å². The van der Waals surface area contributed by atoms with Crippen LogP contribution in [0.2, 0.25) is 0 Å². The zero-order valence-electron chi connectivity index (χ0n) is 19.1. The van der Waals surface area contributed by atoms with Crippen molar-refractivity contribution in [1.82, 2.24) is 24.1 Å². The summed E-state index contributed by atoms with van der Waals surface area (Å²) >= 11 is 0. The van der Waals surface area contributed by atoms with Gasteiger partial charge in [0.05, 0.1) is 36.0 Å². The van der Waals surface area contributed by atoms with Gasteiger partial charge in [-0.3, -0.25) is 4.79 Å². The monoisotopic (exact) mass is 475 g/mol. The van der Waals surface area contributed by atoms with Crippen LogP contribution in [0, 0.1) is 6.92 Å². The fourth-order valence-corrected chi connectivity index (χ4v) is 5.31. The molecule has 0 bridgehead atoms. The first-order valence-corrected chi connectivity index (χ1v) is 12.6. The first-order valence-electron chi connectivity index (χ1n) is 11.2. The lowest BCUT2D eigenvalue weighted by Crippen LogP contribution is -2.40. The number of nitrogens with one attached hydrogen (secondary N) is 1. The van der Waals surface area contributed by atoms with Gasteiger partial charge in [0, 0.05) is 19.6 Å². The summed E-state index contributed by atoms with van der Waals surface area (Å²) in [5.41, 5.74) is 1.16. The maximum atomic E-state index is 13.2. The maximum Gasteiger partial charge on any atom is 0.262 e. The molecule has 1 aromatic carbocycles. The smallest absolute Gasteiger partial charge is 0.262 e. The number of hydrogen-bond donors (Lipinski definition) is 1. The first kappa shape index (κ1) is 23.4. The van der Waals surface area contributed by atoms with E-state index in [1.807, 2.05) is 13.8 Å². The molecule has 0 saturated carbocycles. The van der Waals surface area contributed by atoms with E-state index in [-0.39, 0.29) is 16.3 Å². The van der Waals surface area contributed by atoms with E-state index in [2.05, 4.69) is 15.1 Å². The molecule has 0 atom stereocenters. The molecule has 0 radical (unpaired) electrons. The number of hydrogen-bond acceptors (Lipinski definition) is 7. The lowest BCUT2D eigenvalue weighted by atomic mass is 10.2.